The maximum atomic E-state index is 13.0. The first-order valence-electron chi connectivity index (χ1n) is 12.7. The summed E-state index contributed by atoms with van der Waals surface area (Å²) in [5.41, 5.74) is 7.62. The van der Waals surface area contributed by atoms with Gasteiger partial charge < -0.3 is 15.2 Å². The van der Waals surface area contributed by atoms with E-state index in [9.17, 15) is 16.8 Å². The molecule has 20 heteroatoms. The highest BCUT2D eigenvalue weighted by atomic mass is 79.9. The zero-order chi connectivity index (χ0) is 36.8. The summed E-state index contributed by atoms with van der Waals surface area (Å²) in [6.07, 6.45) is 2.95. The number of anilines is 2. The largest absolute Gasteiger partial charge is 0.396 e. The van der Waals surface area contributed by atoms with Gasteiger partial charge in [0.25, 0.3) is 19.1 Å². The molecule has 2 N–H and O–H groups in total. The van der Waals surface area contributed by atoms with Crippen LogP contribution in [0.25, 0.3) is 0 Å². The van der Waals surface area contributed by atoms with Crippen molar-refractivity contribution in [1.82, 2.24) is 9.97 Å². The van der Waals surface area contributed by atoms with Gasteiger partial charge in [-0.25, -0.2) is 31.1 Å². The van der Waals surface area contributed by atoms with Gasteiger partial charge in [0.05, 0.1) is 31.2 Å². The molecule has 2 aromatic heterocycles. The van der Waals surface area contributed by atoms with E-state index < -0.39 is 19.1 Å². The lowest BCUT2D eigenvalue weighted by molar-refractivity contribution is 0.209. The summed E-state index contributed by atoms with van der Waals surface area (Å²) in [7, 11) is 0.563. The second kappa shape index (κ2) is 21.3. The molecule has 10 nitrogen and oxygen atoms in total. The maximum absolute atomic E-state index is 13.0. The van der Waals surface area contributed by atoms with Crippen molar-refractivity contribution in [2.45, 2.75) is 23.6 Å². The Morgan fingerprint density at radius 1 is 0.771 bits per heavy atom. The molecule has 0 aliphatic heterocycles. The second-order valence-electron chi connectivity index (χ2n) is 8.93. The van der Waals surface area contributed by atoms with Crippen LogP contribution in [0.3, 0.4) is 0 Å². The van der Waals surface area contributed by atoms with Crippen molar-refractivity contribution in [2.75, 3.05) is 37.1 Å². The van der Waals surface area contributed by atoms with Crippen LogP contribution in [-0.2, 0) is 28.5 Å². The molecule has 264 valence electrons. The van der Waals surface area contributed by atoms with E-state index in [0.29, 0.717) is 52.2 Å². The van der Waals surface area contributed by atoms with Crippen molar-refractivity contribution in [2.24, 2.45) is 0 Å². The molecule has 2 heterocycles. The lowest BCUT2D eigenvalue weighted by atomic mass is 10.2. The van der Waals surface area contributed by atoms with Crippen LogP contribution in [0.2, 0.25) is 20.1 Å². The quantitative estimate of drug-likeness (QED) is 0.0830. The molecule has 4 aromatic rings. The van der Waals surface area contributed by atoms with E-state index in [1.807, 2.05) is 0 Å². The molecule has 0 aliphatic rings. The summed E-state index contributed by atoms with van der Waals surface area (Å²) in [4.78, 5) is 8.04. The van der Waals surface area contributed by atoms with E-state index in [4.69, 9.17) is 79.2 Å². The van der Waals surface area contributed by atoms with E-state index in [1.54, 1.807) is 33.1 Å². The molecule has 0 saturated carbocycles. The smallest absolute Gasteiger partial charge is 0.266 e. The molecule has 2 aromatic carbocycles. The average Bonchev–Trinajstić information content (AvgIpc) is 3.02. The van der Waals surface area contributed by atoms with E-state index >= 15 is 0 Å². The fraction of sp³-hybridized carbons (Fsp3) is 0.214. The first kappa shape index (κ1) is 44.9. The van der Waals surface area contributed by atoms with Crippen molar-refractivity contribution in [3.63, 3.8) is 0 Å². The second-order valence-corrected chi connectivity index (χ2v) is 16.8. The molecule has 0 aliphatic carbocycles. The number of hydrogen-bond acceptors (Lipinski definition) is 9. The summed E-state index contributed by atoms with van der Waals surface area (Å²) >= 11 is 34.5. The number of sulfonamides is 1. The number of pyridine rings is 2. The average molecular weight is 953 g/mol. The van der Waals surface area contributed by atoms with Crippen LogP contribution in [0.4, 0.5) is 11.4 Å². The number of hydrogen-bond donors (Lipinski definition) is 1. The van der Waals surface area contributed by atoms with Crippen LogP contribution in [0.15, 0.2) is 79.9 Å². The van der Waals surface area contributed by atoms with Crippen LogP contribution in [0.1, 0.15) is 11.1 Å². The van der Waals surface area contributed by atoms with E-state index in [0.717, 1.165) is 4.31 Å². The number of nitrogen functional groups attached to an aromatic ring is 1. The molecule has 4 rings (SSSR count). The predicted octanol–water partition coefficient (Wildman–Crippen LogP) is 9.74. The summed E-state index contributed by atoms with van der Waals surface area (Å²) in [6.45, 7) is 3.26. The Kier molecular flexibility index (Phi) is 19.9. The zero-order valence-corrected chi connectivity index (χ0v) is 34.7. The third-order valence-electron chi connectivity index (χ3n) is 5.37. The third kappa shape index (κ3) is 14.6. The predicted molar refractivity (Wildman–Crippen MR) is 203 cm³/mol. The van der Waals surface area contributed by atoms with Gasteiger partial charge in [-0.2, -0.15) is 0 Å². The summed E-state index contributed by atoms with van der Waals surface area (Å²) in [5, 5.41) is 1.88. The number of aryl methyl sites for hydroxylation is 2. The molecule has 0 bridgehead atoms. The van der Waals surface area contributed by atoms with Crippen LogP contribution in [0, 0.1) is 13.8 Å². The Hall–Kier alpha value is -1.14. The molecule has 0 atom stereocenters. The van der Waals surface area contributed by atoms with Crippen LogP contribution in [-0.4, -0.2) is 53.8 Å². The van der Waals surface area contributed by atoms with Gasteiger partial charge >= 0.3 is 0 Å². The monoisotopic (exact) mass is 948 g/mol. The van der Waals surface area contributed by atoms with Crippen molar-refractivity contribution in [1.29, 1.82) is 0 Å². The van der Waals surface area contributed by atoms with Crippen LogP contribution < -0.4 is 10.0 Å². The Labute approximate surface area is 326 Å². The molecule has 0 saturated heterocycles. The third-order valence-corrected chi connectivity index (χ3v) is 11.2. The van der Waals surface area contributed by atoms with Crippen LogP contribution in [0.5, 0.6) is 0 Å². The van der Waals surface area contributed by atoms with Gasteiger partial charge in [-0.3, -0.25) is 0 Å². The minimum atomic E-state index is -3.87. The van der Waals surface area contributed by atoms with Crippen molar-refractivity contribution >= 4 is 131 Å². The highest BCUT2D eigenvalue weighted by molar-refractivity contribution is 9.10. The Morgan fingerprint density at radius 2 is 1.23 bits per heavy atom. The Morgan fingerprint density at radius 3 is 1.65 bits per heavy atom. The number of aromatic nitrogens is 2. The van der Waals surface area contributed by atoms with Crippen molar-refractivity contribution in [3.8, 4) is 0 Å². The molecule has 0 fully saturated rings. The molecular formula is C28H28Br2Cl6N4O6S2. The minimum Gasteiger partial charge on any atom is -0.396 e. The number of ether oxygens (including phenoxy) is 2. The SMILES string of the molecule is COCCl.COCN(c1cc(Cl)cnc1Br)S(=O)(=O)c1ccc(Cl)c(C)c1.Cc1cc(S(=O)(=O)Cl)ccc1Cl.Nc1cc(Cl)cnc1Br. The summed E-state index contributed by atoms with van der Waals surface area (Å²) < 4.78 is 59.0. The maximum Gasteiger partial charge on any atom is 0.266 e. The molecule has 0 unspecified atom stereocenters. The highest BCUT2D eigenvalue weighted by Crippen LogP contribution is 2.32. The van der Waals surface area contributed by atoms with Crippen LogP contribution >= 0.6 is 101 Å². The summed E-state index contributed by atoms with van der Waals surface area (Å²) in [6, 6.07) is 12.2. The molecular weight excluding hydrogens is 925 g/mol. The lowest BCUT2D eigenvalue weighted by Gasteiger charge is -2.24. The van der Waals surface area contributed by atoms with Gasteiger partial charge in [0, 0.05) is 47.3 Å². The Bertz CT molecular complexity index is 1890. The van der Waals surface area contributed by atoms with E-state index in [1.165, 1.54) is 55.9 Å². The number of alkyl halides is 1. The van der Waals surface area contributed by atoms with Gasteiger partial charge in [-0.15, -0.1) is 0 Å². The molecule has 0 amide bonds. The standard InChI is InChI=1S/C14H13BrCl2N2O3S.C7H6Cl2O2S.C5H4BrClN2.C2H5ClO/c1-9-5-11(3-4-12(9)17)23(20,21)19(8-22-2)13-6-10(16)7-18-14(13)15;1-5-4-6(12(9,10)11)2-3-7(5)8;6-5-4(8)1-3(7)2-9-5;1-4-2-3/h3-7H,8H2,1-2H3;2-4H,1H3;1-2H,8H2;2H2,1H3. The first-order chi connectivity index (χ1) is 22.3. The first-order valence-corrected chi connectivity index (χ1v) is 20.1. The molecule has 48 heavy (non-hydrogen) atoms. The Balaban J connectivity index is 0.000000382. The molecule has 0 spiro atoms. The topological polar surface area (TPSA) is 142 Å². The highest BCUT2D eigenvalue weighted by Gasteiger charge is 2.27. The van der Waals surface area contributed by atoms with Gasteiger partial charge in [0.2, 0.25) is 0 Å². The number of benzene rings is 2. The van der Waals surface area contributed by atoms with Gasteiger partial charge in [-0.05, 0) is 105 Å². The number of nitrogens with two attached hydrogens (primary N) is 1. The van der Waals surface area contributed by atoms with Gasteiger partial charge in [-0.1, -0.05) is 58.0 Å². The number of nitrogens with zero attached hydrogens (tertiary/aromatic N) is 3. The minimum absolute atomic E-state index is 0.0751. The number of methoxy groups -OCH3 is 2. The lowest BCUT2D eigenvalue weighted by Crippen LogP contribution is -2.33. The van der Waals surface area contributed by atoms with E-state index in [2.05, 4.69) is 46.6 Å². The fourth-order valence-corrected chi connectivity index (χ4v) is 6.70. The van der Waals surface area contributed by atoms with Gasteiger partial charge in [0.15, 0.2) is 0 Å². The van der Waals surface area contributed by atoms with Crippen molar-refractivity contribution in [3.05, 3.63) is 101 Å². The normalized spacial score (nSPS) is 10.8. The van der Waals surface area contributed by atoms with Gasteiger partial charge in [0.1, 0.15) is 22.0 Å². The fourth-order valence-electron chi connectivity index (χ4n) is 3.08. The number of rotatable bonds is 7. The summed E-state index contributed by atoms with van der Waals surface area (Å²) in [5.74, 6) is 0. The van der Waals surface area contributed by atoms with E-state index in [-0.39, 0.29) is 22.2 Å². The molecule has 0 radical (unpaired) electrons. The van der Waals surface area contributed by atoms with Crippen molar-refractivity contribution < 1.29 is 26.3 Å². The number of halogens is 8. The zero-order valence-electron chi connectivity index (χ0n) is 25.4.